The van der Waals surface area contributed by atoms with Crippen molar-refractivity contribution in [2.45, 2.75) is 75.2 Å². The lowest BCUT2D eigenvalue weighted by atomic mass is 9.75. The van der Waals surface area contributed by atoms with Crippen LogP contribution in [0.2, 0.25) is 0 Å². The monoisotopic (exact) mass is 283 g/mol. The molecule has 5 unspecified atom stereocenters. The Kier molecular flexibility index (Phi) is 4.08. The molecule has 0 aromatic heterocycles. The molecule has 3 nitrogen and oxygen atoms in total. The van der Waals surface area contributed by atoms with Crippen LogP contribution in [0.25, 0.3) is 0 Å². The second kappa shape index (κ2) is 5.65. The number of thioether (sulfide) groups is 1. The molecule has 0 aromatic rings. The minimum absolute atomic E-state index is 0.217. The largest absolute Gasteiger partial charge is 0.480 e. The van der Waals surface area contributed by atoms with Gasteiger partial charge in [-0.3, -0.25) is 9.69 Å². The first kappa shape index (κ1) is 13.7. The zero-order chi connectivity index (χ0) is 13.4. The lowest BCUT2D eigenvalue weighted by molar-refractivity contribution is -0.150. The number of rotatable bonds is 2. The molecule has 3 fully saturated rings. The van der Waals surface area contributed by atoms with E-state index in [4.69, 9.17) is 0 Å². The predicted octanol–water partition coefficient (Wildman–Crippen LogP) is 2.99. The fraction of sp³-hybridized carbons (Fsp3) is 0.933. The van der Waals surface area contributed by atoms with E-state index in [0.29, 0.717) is 17.3 Å². The van der Waals surface area contributed by atoms with E-state index in [1.54, 1.807) is 0 Å². The summed E-state index contributed by atoms with van der Waals surface area (Å²) < 4.78 is 0. The molecule has 4 heteroatoms. The molecule has 108 valence electrons. The zero-order valence-corrected chi connectivity index (χ0v) is 12.6. The summed E-state index contributed by atoms with van der Waals surface area (Å²) in [5.41, 5.74) is 0. The summed E-state index contributed by atoms with van der Waals surface area (Å²) in [6.07, 6.45) is 8.36. The first-order chi connectivity index (χ1) is 9.18. The van der Waals surface area contributed by atoms with Crippen LogP contribution in [-0.4, -0.2) is 45.1 Å². The molecule has 3 aliphatic rings. The Bertz CT molecular complexity index is 349. The molecule has 2 heterocycles. The van der Waals surface area contributed by atoms with Crippen molar-refractivity contribution in [3.63, 3.8) is 0 Å². The van der Waals surface area contributed by atoms with Crippen LogP contribution in [0.5, 0.6) is 0 Å². The van der Waals surface area contributed by atoms with Crippen LogP contribution < -0.4 is 0 Å². The number of aliphatic carboxylic acids is 1. The molecule has 0 radical (unpaired) electrons. The molecular formula is C15H25NO2S. The van der Waals surface area contributed by atoms with Crippen LogP contribution in [0.1, 0.15) is 51.9 Å². The standard InChI is InChI=1S/C15H25NO2S/c1-10-12(8-9-19-10)16-13-5-3-2-4-11(13)6-7-14(16)15(17)18/h10-14H,2-9H2,1H3,(H,17,18). The molecule has 2 aliphatic heterocycles. The van der Waals surface area contributed by atoms with Gasteiger partial charge in [-0.05, 0) is 43.8 Å². The van der Waals surface area contributed by atoms with Gasteiger partial charge in [0.2, 0.25) is 0 Å². The topological polar surface area (TPSA) is 40.5 Å². The molecule has 5 atom stereocenters. The van der Waals surface area contributed by atoms with Crippen molar-refractivity contribution in [1.29, 1.82) is 0 Å². The van der Waals surface area contributed by atoms with E-state index in [2.05, 4.69) is 11.8 Å². The highest BCUT2D eigenvalue weighted by Crippen LogP contribution is 2.43. The molecule has 0 aromatic carbocycles. The van der Waals surface area contributed by atoms with Gasteiger partial charge in [-0.25, -0.2) is 0 Å². The minimum Gasteiger partial charge on any atom is -0.480 e. The third-order valence-corrected chi connectivity index (χ3v) is 6.74. The summed E-state index contributed by atoms with van der Waals surface area (Å²) >= 11 is 2.02. The van der Waals surface area contributed by atoms with Crippen LogP contribution in [-0.2, 0) is 4.79 Å². The number of hydrogen-bond acceptors (Lipinski definition) is 3. The average Bonchev–Trinajstić information content (AvgIpc) is 2.83. The van der Waals surface area contributed by atoms with Gasteiger partial charge < -0.3 is 5.11 Å². The number of likely N-dealkylation sites (tertiary alicyclic amines) is 1. The Hall–Kier alpha value is -0.220. The van der Waals surface area contributed by atoms with Gasteiger partial charge in [-0.15, -0.1) is 0 Å². The normalized spacial score (nSPS) is 43.9. The zero-order valence-electron chi connectivity index (χ0n) is 11.8. The van der Waals surface area contributed by atoms with E-state index < -0.39 is 5.97 Å². The molecule has 19 heavy (non-hydrogen) atoms. The number of hydrogen-bond donors (Lipinski definition) is 1. The highest BCUT2D eigenvalue weighted by atomic mass is 32.2. The number of piperidine rings is 1. The third-order valence-electron chi connectivity index (χ3n) is 5.43. The number of nitrogens with zero attached hydrogens (tertiary/aromatic N) is 1. The maximum atomic E-state index is 11.7. The summed E-state index contributed by atoms with van der Waals surface area (Å²) in [6, 6.07) is 0.831. The van der Waals surface area contributed by atoms with Crippen molar-refractivity contribution in [2.24, 2.45) is 5.92 Å². The fourth-order valence-electron chi connectivity index (χ4n) is 4.51. The summed E-state index contributed by atoms with van der Waals surface area (Å²) in [5.74, 6) is 1.38. The maximum Gasteiger partial charge on any atom is 0.320 e. The first-order valence-electron chi connectivity index (χ1n) is 7.80. The maximum absolute atomic E-state index is 11.7. The van der Waals surface area contributed by atoms with Crippen molar-refractivity contribution in [3.8, 4) is 0 Å². The summed E-state index contributed by atoms with van der Waals surface area (Å²) in [5, 5.41) is 10.2. The van der Waals surface area contributed by atoms with Gasteiger partial charge in [0.25, 0.3) is 0 Å². The Balaban J connectivity index is 1.85. The Labute approximate surface area is 120 Å². The van der Waals surface area contributed by atoms with Gasteiger partial charge in [0.05, 0.1) is 0 Å². The lowest BCUT2D eigenvalue weighted by Crippen LogP contribution is -2.60. The van der Waals surface area contributed by atoms with E-state index in [1.165, 1.54) is 37.9 Å². The number of carboxylic acids is 1. The van der Waals surface area contributed by atoms with Crippen LogP contribution in [0, 0.1) is 5.92 Å². The smallest absolute Gasteiger partial charge is 0.320 e. The summed E-state index contributed by atoms with van der Waals surface area (Å²) in [7, 11) is 0. The Morgan fingerprint density at radius 3 is 2.58 bits per heavy atom. The predicted molar refractivity (Wildman–Crippen MR) is 78.6 cm³/mol. The van der Waals surface area contributed by atoms with Gasteiger partial charge >= 0.3 is 5.97 Å². The van der Waals surface area contributed by atoms with Crippen molar-refractivity contribution >= 4 is 17.7 Å². The Morgan fingerprint density at radius 1 is 1.11 bits per heavy atom. The van der Waals surface area contributed by atoms with E-state index in [0.717, 1.165) is 18.8 Å². The molecular weight excluding hydrogens is 258 g/mol. The molecule has 0 spiro atoms. The molecule has 0 amide bonds. The molecule has 0 bridgehead atoms. The van der Waals surface area contributed by atoms with Crippen LogP contribution in [0.15, 0.2) is 0 Å². The van der Waals surface area contributed by atoms with Crippen molar-refractivity contribution in [2.75, 3.05) is 5.75 Å². The molecule has 1 aliphatic carbocycles. The molecule has 2 saturated heterocycles. The van der Waals surface area contributed by atoms with Crippen LogP contribution in [0.4, 0.5) is 0 Å². The van der Waals surface area contributed by atoms with E-state index in [1.807, 2.05) is 11.8 Å². The van der Waals surface area contributed by atoms with Gasteiger partial charge in [-0.1, -0.05) is 19.8 Å². The fourth-order valence-corrected chi connectivity index (χ4v) is 5.76. The van der Waals surface area contributed by atoms with Crippen molar-refractivity contribution in [1.82, 2.24) is 4.90 Å². The van der Waals surface area contributed by atoms with Crippen molar-refractivity contribution in [3.05, 3.63) is 0 Å². The molecule has 3 rings (SSSR count). The summed E-state index contributed by atoms with van der Waals surface area (Å²) in [4.78, 5) is 14.1. The third kappa shape index (κ3) is 2.54. The first-order valence-corrected chi connectivity index (χ1v) is 8.85. The minimum atomic E-state index is -0.590. The van der Waals surface area contributed by atoms with Crippen LogP contribution in [0.3, 0.4) is 0 Å². The van der Waals surface area contributed by atoms with E-state index >= 15 is 0 Å². The van der Waals surface area contributed by atoms with Crippen molar-refractivity contribution < 1.29 is 9.90 Å². The second-order valence-electron chi connectivity index (χ2n) is 6.42. The molecule has 1 N–H and O–H groups in total. The SMILES string of the molecule is CC1SCCC1N1C(C(=O)O)CCC2CCCCC21. The number of carboxylic acid groups (broad SMARTS) is 1. The number of carbonyl (C=O) groups is 1. The highest BCUT2D eigenvalue weighted by molar-refractivity contribution is 8.00. The van der Waals surface area contributed by atoms with Crippen LogP contribution >= 0.6 is 11.8 Å². The van der Waals surface area contributed by atoms with Gasteiger partial charge in [0.1, 0.15) is 6.04 Å². The lowest BCUT2D eigenvalue weighted by Gasteiger charge is -2.50. The van der Waals surface area contributed by atoms with E-state index in [-0.39, 0.29) is 6.04 Å². The Morgan fingerprint density at radius 2 is 1.89 bits per heavy atom. The van der Waals surface area contributed by atoms with Gasteiger partial charge in [-0.2, -0.15) is 11.8 Å². The molecule has 1 saturated carbocycles. The van der Waals surface area contributed by atoms with E-state index in [9.17, 15) is 9.90 Å². The number of fused-ring (bicyclic) bond motifs is 1. The summed E-state index contributed by atoms with van der Waals surface area (Å²) in [6.45, 7) is 2.29. The van der Waals surface area contributed by atoms with Gasteiger partial charge in [0, 0.05) is 17.3 Å². The van der Waals surface area contributed by atoms with Gasteiger partial charge in [0.15, 0.2) is 0 Å². The second-order valence-corrected chi connectivity index (χ2v) is 7.91. The average molecular weight is 283 g/mol. The highest BCUT2D eigenvalue weighted by Gasteiger charge is 2.46. The quantitative estimate of drug-likeness (QED) is 0.846.